The largest absolute Gasteiger partial charge is 0.320 e. The van der Waals surface area contributed by atoms with E-state index in [1.165, 1.54) is 41.2 Å². The summed E-state index contributed by atoms with van der Waals surface area (Å²) in [6.45, 7) is 3.75. The van der Waals surface area contributed by atoms with Gasteiger partial charge in [-0.1, -0.05) is 18.2 Å². The number of anilines is 1. The highest BCUT2D eigenvalue weighted by Crippen LogP contribution is 2.19. The van der Waals surface area contributed by atoms with Gasteiger partial charge in [0.2, 0.25) is 5.43 Å². The SMILES string of the molecule is Cc1cccc(C)c1NC(=O)c1nn(-c2ccc(F)cc2)ccc1=O. The first-order valence-corrected chi connectivity index (χ1v) is 7.69. The van der Waals surface area contributed by atoms with Gasteiger partial charge in [0, 0.05) is 18.0 Å². The van der Waals surface area contributed by atoms with E-state index in [2.05, 4.69) is 10.4 Å². The maximum absolute atomic E-state index is 13.0. The second-order valence-corrected chi connectivity index (χ2v) is 5.67. The molecule has 126 valence electrons. The van der Waals surface area contributed by atoms with Crippen molar-refractivity contribution in [1.82, 2.24) is 9.78 Å². The highest BCUT2D eigenvalue weighted by atomic mass is 19.1. The summed E-state index contributed by atoms with van der Waals surface area (Å²) in [4.78, 5) is 24.6. The lowest BCUT2D eigenvalue weighted by atomic mass is 10.1. The summed E-state index contributed by atoms with van der Waals surface area (Å²) in [6, 6.07) is 12.5. The van der Waals surface area contributed by atoms with E-state index in [1.54, 1.807) is 0 Å². The highest BCUT2D eigenvalue weighted by molar-refractivity contribution is 6.03. The average molecular weight is 337 g/mol. The molecule has 6 heteroatoms. The average Bonchev–Trinajstić information content (AvgIpc) is 2.59. The van der Waals surface area contributed by atoms with Gasteiger partial charge in [-0.05, 0) is 49.2 Å². The van der Waals surface area contributed by atoms with Gasteiger partial charge in [-0.15, -0.1) is 0 Å². The number of amides is 1. The molecule has 0 radical (unpaired) electrons. The molecule has 0 aliphatic heterocycles. The van der Waals surface area contributed by atoms with Crippen LogP contribution in [0.5, 0.6) is 0 Å². The van der Waals surface area contributed by atoms with Gasteiger partial charge in [0.05, 0.1) is 5.69 Å². The summed E-state index contributed by atoms with van der Waals surface area (Å²) in [5, 5.41) is 6.85. The number of aryl methyl sites for hydroxylation is 2. The molecular formula is C19H16FN3O2. The monoisotopic (exact) mass is 337 g/mol. The van der Waals surface area contributed by atoms with Gasteiger partial charge in [-0.3, -0.25) is 9.59 Å². The van der Waals surface area contributed by atoms with Crippen molar-refractivity contribution in [2.75, 3.05) is 5.32 Å². The highest BCUT2D eigenvalue weighted by Gasteiger charge is 2.15. The Bertz CT molecular complexity index is 974. The molecule has 0 atom stereocenters. The van der Waals surface area contributed by atoms with Gasteiger partial charge in [0.1, 0.15) is 5.82 Å². The van der Waals surface area contributed by atoms with E-state index in [9.17, 15) is 14.0 Å². The van der Waals surface area contributed by atoms with Gasteiger partial charge in [-0.2, -0.15) is 5.10 Å². The molecule has 0 spiro atoms. The van der Waals surface area contributed by atoms with E-state index in [0.717, 1.165) is 11.1 Å². The lowest BCUT2D eigenvalue weighted by Gasteiger charge is -2.12. The molecule has 1 aromatic heterocycles. The van der Waals surface area contributed by atoms with Crippen LogP contribution in [0.4, 0.5) is 10.1 Å². The molecule has 5 nitrogen and oxygen atoms in total. The second-order valence-electron chi connectivity index (χ2n) is 5.67. The van der Waals surface area contributed by atoms with Crippen LogP contribution in [0.25, 0.3) is 5.69 Å². The predicted octanol–water partition coefficient (Wildman–Crippen LogP) is 3.24. The zero-order chi connectivity index (χ0) is 18.0. The fourth-order valence-electron chi connectivity index (χ4n) is 2.49. The molecular weight excluding hydrogens is 321 g/mol. The first kappa shape index (κ1) is 16.6. The lowest BCUT2D eigenvalue weighted by Crippen LogP contribution is -2.26. The van der Waals surface area contributed by atoms with Crippen molar-refractivity contribution in [2.45, 2.75) is 13.8 Å². The zero-order valence-corrected chi connectivity index (χ0v) is 13.8. The lowest BCUT2D eigenvalue weighted by molar-refractivity contribution is 0.101. The molecule has 0 saturated carbocycles. The Morgan fingerprint density at radius 3 is 2.32 bits per heavy atom. The van der Waals surface area contributed by atoms with Crippen LogP contribution < -0.4 is 10.7 Å². The Morgan fingerprint density at radius 1 is 1.04 bits per heavy atom. The third-order valence-corrected chi connectivity index (χ3v) is 3.83. The molecule has 3 rings (SSSR count). The summed E-state index contributed by atoms with van der Waals surface area (Å²) >= 11 is 0. The van der Waals surface area contributed by atoms with Gasteiger partial charge < -0.3 is 5.32 Å². The number of carbonyl (C=O) groups excluding carboxylic acids is 1. The number of nitrogens with one attached hydrogen (secondary N) is 1. The van der Waals surface area contributed by atoms with Gasteiger partial charge in [0.25, 0.3) is 5.91 Å². The molecule has 1 heterocycles. The Labute approximate surface area is 143 Å². The van der Waals surface area contributed by atoms with Crippen molar-refractivity contribution >= 4 is 11.6 Å². The standard InChI is InChI=1S/C19H16FN3O2/c1-12-4-3-5-13(2)17(12)21-19(25)18-16(24)10-11-23(22-18)15-8-6-14(20)7-9-15/h3-11H,1-2H3,(H,21,25). The van der Waals surface area contributed by atoms with E-state index < -0.39 is 11.3 Å². The molecule has 0 bridgehead atoms. The van der Waals surface area contributed by atoms with Gasteiger partial charge in [-0.25, -0.2) is 9.07 Å². The topological polar surface area (TPSA) is 64.0 Å². The van der Waals surface area contributed by atoms with Crippen molar-refractivity contribution in [1.29, 1.82) is 0 Å². The van der Waals surface area contributed by atoms with Crippen molar-refractivity contribution in [3.63, 3.8) is 0 Å². The van der Waals surface area contributed by atoms with Gasteiger partial charge in [0.15, 0.2) is 5.69 Å². The normalized spacial score (nSPS) is 10.5. The van der Waals surface area contributed by atoms with Crippen LogP contribution in [0.3, 0.4) is 0 Å². The molecule has 0 aliphatic rings. The van der Waals surface area contributed by atoms with Crippen LogP contribution in [-0.4, -0.2) is 15.7 Å². The summed E-state index contributed by atoms with van der Waals surface area (Å²) in [7, 11) is 0. The number of carbonyl (C=O) groups is 1. The Balaban J connectivity index is 1.96. The molecule has 2 aromatic carbocycles. The number of para-hydroxylation sites is 1. The number of hydrogen-bond acceptors (Lipinski definition) is 3. The summed E-state index contributed by atoms with van der Waals surface area (Å²) in [6.07, 6.45) is 1.44. The third kappa shape index (κ3) is 3.47. The van der Waals surface area contributed by atoms with E-state index in [4.69, 9.17) is 0 Å². The van der Waals surface area contributed by atoms with Crippen LogP contribution in [0.15, 0.2) is 59.5 Å². The maximum Gasteiger partial charge on any atom is 0.280 e. The van der Waals surface area contributed by atoms with Crippen molar-refractivity contribution < 1.29 is 9.18 Å². The first-order valence-electron chi connectivity index (χ1n) is 7.69. The Morgan fingerprint density at radius 2 is 1.68 bits per heavy atom. The minimum Gasteiger partial charge on any atom is -0.320 e. The molecule has 3 aromatic rings. The second kappa shape index (κ2) is 6.68. The quantitative estimate of drug-likeness (QED) is 0.798. The number of nitrogens with zero attached hydrogens (tertiary/aromatic N) is 2. The smallest absolute Gasteiger partial charge is 0.280 e. The molecule has 0 saturated heterocycles. The summed E-state index contributed by atoms with van der Waals surface area (Å²) < 4.78 is 14.4. The Hall–Kier alpha value is -3.28. The minimum atomic E-state index is -0.584. The molecule has 25 heavy (non-hydrogen) atoms. The van der Waals surface area contributed by atoms with Crippen LogP contribution in [-0.2, 0) is 0 Å². The molecule has 1 N–H and O–H groups in total. The number of aromatic nitrogens is 2. The van der Waals surface area contributed by atoms with Crippen LogP contribution in [0.1, 0.15) is 21.6 Å². The first-order chi connectivity index (χ1) is 12.0. The molecule has 0 unspecified atom stereocenters. The third-order valence-electron chi connectivity index (χ3n) is 3.83. The van der Waals surface area contributed by atoms with Crippen LogP contribution in [0.2, 0.25) is 0 Å². The number of hydrogen-bond donors (Lipinski definition) is 1. The van der Waals surface area contributed by atoms with E-state index in [1.807, 2.05) is 32.0 Å². The predicted molar refractivity (Wildman–Crippen MR) is 93.7 cm³/mol. The van der Waals surface area contributed by atoms with Crippen molar-refractivity contribution in [2.24, 2.45) is 0 Å². The number of benzene rings is 2. The molecule has 0 fully saturated rings. The van der Waals surface area contributed by atoms with E-state index in [-0.39, 0.29) is 11.5 Å². The van der Waals surface area contributed by atoms with Crippen LogP contribution in [0, 0.1) is 19.7 Å². The Kier molecular flexibility index (Phi) is 4.43. The van der Waals surface area contributed by atoms with Crippen molar-refractivity contribution in [3.05, 3.63) is 87.6 Å². The van der Waals surface area contributed by atoms with Crippen LogP contribution >= 0.6 is 0 Å². The summed E-state index contributed by atoms with van der Waals surface area (Å²) in [5.41, 5.74) is 2.27. The minimum absolute atomic E-state index is 0.227. The molecule has 1 amide bonds. The zero-order valence-electron chi connectivity index (χ0n) is 13.8. The van der Waals surface area contributed by atoms with Gasteiger partial charge >= 0.3 is 0 Å². The fourth-order valence-corrected chi connectivity index (χ4v) is 2.49. The maximum atomic E-state index is 13.0. The van der Waals surface area contributed by atoms with E-state index >= 15 is 0 Å². The number of halogens is 1. The fraction of sp³-hybridized carbons (Fsp3) is 0.105. The number of rotatable bonds is 3. The van der Waals surface area contributed by atoms with E-state index in [0.29, 0.717) is 11.4 Å². The molecule has 0 aliphatic carbocycles. The summed E-state index contributed by atoms with van der Waals surface area (Å²) in [5.74, 6) is -0.961. The van der Waals surface area contributed by atoms with Crippen molar-refractivity contribution in [3.8, 4) is 5.69 Å².